The molecule has 2 aromatic rings. The molecule has 1 aliphatic heterocycles. The van der Waals surface area contributed by atoms with Crippen LogP contribution in [0.5, 0.6) is 0 Å². The molecule has 1 saturated heterocycles. The van der Waals surface area contributed by atoms with Crippen LogP contribution in [-0.4, -0.2) is 23.2 Å². The van der Waals surface area contributed by atoms with E-state index in [1.807, 2.05) is 12.1 Å². The molecule has 0 radical (unpaired) electrons. The zero-order valence-electron chi connectivity index (χ0n) is 14.8. The molecule has 132 valence electrons. The van der Waals surface area contributed by atoms with E-state index in [0.717, 1.165) is 5.56 Å². The molecule has 5 heteroatoms. The molecule has 0 bridgehead atoms. The Bertz CT molecular complexity index is 778. The minimum absolute atomic E-state index is 0. The van der Waals surface area contributed by atoms with E-state index in [9.17, 15) is 10.4 Å². The van der Waals surface area contributed by atoms with Crippen molar-refractivity contribution in [2.45, 2.75) is 32.3 Å². The van der Waals surface area contributed by atoms with E-state index >= 15 is 0 Å². The fourth-order valence-corrected chi connectivity index (χ4v) is 3.43. The third kappa shape index (κ3) is 3.16. The zero-order valence-corrected chi connectivity index (χ0v) is 15.6. The topological polar surface area (TPSA) is 68.9 Å². The van der Waals surface area contributed by atoms with Crippen LogP contribution in [0.4, 0.5) is 0 Å². The van der Waals surface area contributed by atoms with E-state index < -0.39 is 5.60 Å². The molecule has 1 atom stereocenters. The Morgan fingerprint density at radius 2 is 1.84 bits per heavy atom. The third-order valence-electron chi connectivity index (χ3n) is 5.18. The molecule has 0 saturated carbocycles. The second-order valence-corrected chi connectivity index (χ2v) is 7.23. The molecule has 0 unspecified atom stereocenters. The van der Waals surface area contributed by atoms with Crippen LogP contribution in [0.15, 0.2) is 42.7 Å². The SMILES string of the molecule is CC(C)c1ccc([C@](O)(c2cncc(C#N)c2)C2(C)CNC2)cc1.Cl. The maximum Gasteiger partial charge on any atom is 0.124 e. The molecule has 0 aliphatic carbocycles. The first-order valence-corrected chi connectivity index (χ1v) is 8.30. The number of nitrogens with one attached hydrogen (secondary N) is 1. The lowest BCUT2D eigenvalue weighted by Gasteiger charge is -2.52. The third-order valence-corrected chi connectivity index (χ3v) is 5.18. The number of nitriles is 1. The van der Waals surface area contributed by atoms with Crippen LogP contribution in [0.3, 0.4) is 0 Å². The van der Waals surface area contributed by atoms with Crippen LogP contribution in [0.25, 0.3) is 0 Å². The highest BCUT2D eigenvalue weighted by molar-refractivity contribution is 5.85. The van der Waals surface area contributed by atoms with Crippen molar-refractivity contribution in [2.75, 3.05) is 13.1 Å². The van der Waals surface area contributed by atoms with Gasteiger partial charge in [0.1, 0.15) is 11.7 Å². The van der Waals surface area contributed by atoms with Gasteiger partial charge >= 0.3 is 0 Å². The highest BCUT2D eigenvalue weighted by atomic mass is 35.5. The number of aliphatic hydroxyl groups is 1. The highest BCUT2D eigenvalue weighted by Crippen LogP contribution is 2.47. The van der Waals surface area contributed by atoms with Gasteiger partial charge in [-0.3, -0.25) is 4.98 Å². The lowest BCUT2D eigenvalue weighted by molar-refractivity contribution is -0.0769. The minimum Gasteiger partial charge on any atom is -0.380 e. The van der Waals surface area contributed by atoms with E-state index in [0.29, 0.717) is 30.1 Å². The van der Waals surface area contributed by atoms with Gasteiger partial charge in [-0.15, -0.1) is 12.4 Å². The van der Waals surface area contributed by atoms with Gasteiger partial charge in [-0.05, 0) is 23.1 Å². The van der Waals surface area contributed by atoms with E-state index in [1.54, 1.807) is 12.3 Å². The lowest BCUT2D eigenvalue weighted by Crippen LogP contribution is -2.63. The van der Waals surface area contributed by atoms with E-state index in [2.05, 4.69) is 49.3 Å². The Morgan fingerprint density at radius 3 is 2.32 bits per heavy atom. The molecule has 1 aromatic carbocycles. The van der Waals surface area contributed by atoms with Crippen molar-refractivity contribution in [1.29, 1.82) is 5.26 Å². The van der Waals surface area contributed by atoms with Crippen LogP contribution >= 0.6 is 12.4 Å². The summed E-state index contributed by atoms with van der Waals surface area (Å²) in [6, 6.07) is 12.0. The van der Waals surface area contributed by atoms with Crippen molar-refractivity contribution in [1.82, 2.24) is 10.3 Å². The second-order valence-electron chi connectivity index (χ2n) is 7.23. The number of benzene rings is 1. The van der Waals surface area contributed by atoms with E-state index in [4.69, 9.17) is 0 Å². The predicted octanol–water partition coefficient (Wildman–Crippen LogP) is 3.34. The highest BCUT2D eigenvalue weighted by Gasteiger charge is 2.53. The largest absolute Gasteiger partial charge is 0.380 e. The molecule has 1 aromatic heterocycles. The summed E-state index contributed by atoms with van der Waals surface area (Å²) in [6.07, 6.45) is 3.19. The van der Waals surface area contributed by atoms with Gasteiger partial charge in [0.25, 0.3) is 0 Å². The van der Waals surface area contributed by atoms with Gasteiger partial charge in [-0.1, -0.05) is 45.0 Å². The summed E-state index contributed by atoms with van der Waals surface area (Å²) in [5.74, 6) is 0.441. The van der Waals surface area contributed by atoms with Gasteiger partial charge in [0.2, 0.25) is 0 Å². The Kier molecular flexibility index (Phi) is 5.53. The van der Waals surface area contributed by atoms with E-state index in [-0.39, 0.29) is 17.8 Å². The summed E-state index contributed by atoms with van der Waals surface area (Å²) in [4.78, 5) is 4.16. The molecular formula is C20H24ClN3O. The first kappa shape index (κ1) is 19.4. The molecule has 2 heterocycles. The summed E-state index contributed by atoms with van der Waals surface area (Å²) in [6.45, 7) is 7.80. The van der Waals surface area contributed by atoms with Crippen molar-refractivity contribution in [3.63, 3.8) is 0 Å². The number of hydrogen-bond acceptors (Lipinski definition) is 4. The molecule has 2 N–H and O–H groups in total. The van der Waals surface area contributed by atoms with Crippen LogP contribution in [0.1, 0.15) is 48.9 Å². The Labute approximate surface area is 155 Å². The molecule has 25 heavy (non-hydrogen) atoms. The molecular weight excluding hydrogens is 334 g/mol. The molecule has 0 spiro atoms. The molecule has 0 amide bonds. The summed E-state index contributed by atoms with van der Waals surface area (Å²) in [5, 5.41) is 24.2. The average molecular weight is 358 g/mol. The summed E-state index contributed by atoms with van der Waals surface area (Å²) < 4.78 is 0. The number of aromatic nitrogens is 1. The van der Waals surface area contributed by atoms with Gasteiger partial charge in [0.05, 0.1) is 5.56 Å². The van der Waals surface area contributed by atoms with Crippen molar-refractivity contribution in [3.8, 4) is 6.07 Å². The molecule has 3 rings (SSSR count). The first-order chi connectivity index (χ1) is 11.4. The van der Waals surface area contributed by atoms with Crippen molar-refractivity contribution >= 4 is 12.4 Å². The Morgan fingerprint density at radius 1 is 1.20 bits per heavy atom. The molecule has 1 aliphatic rings. The predicted molar refractivity (Wildman–Crippen MR) is 101 cm³/mol. The normalized spacial score (nSPS) is 17.8. The standard InChI is InChI=1S/C20H23N3O.ClH/c1-14(2)16-4-6-17(7-5-16)20(24,19(3)12-23-13-19)18-8-15(9-21)10-22-11-18;/h4-8,10-11,14,23-24H,12-13H2,1-3H3;1H/t20-;/m0./s1. The fourth-order valence-electron chi connectivity index (χ4n) is 3.43. The van der Waals surface area contributed by atoms with Gasteiger partial charge in [0, 0.05) is 36.5 Å². The summed E-state index contributed by atoms with van der Waals surface area (Å²) >= 11 is 0. The number of nitrogens with zero attached hydrogens (tertiary/aromatic N) is 2. The fraction of sp³-hybridized carbons (Fsp3) is 0.400. The molecule has 4 nitrogen and oxygen atoms in total. The maximum absolute atomic E-state index is 11.8. The van der Waals surface area contributed by atoms with Gasteiger partial charge in [-0.2, -0.15) is 5.26 Å². The van der Waals surface area contributed by atoms with Crippen molar-refractivity contribution in [3.05, 3.63) is 65.0 Å². The van der Waals surface area contributed by atoms with Crippen LogP contribution < -0.4 is 5.32 Å². The second kappa shape index (κ2) is 7.13. The van der Waals surface area contributed by atoms with Crippen molar-refractivity contribution < 1.29 is 5.11 Å². The Balaban J connectivity index is 0.00000225. The number of hydrogen-bond donors (Lipinski definition) is 2. The minimum atomic E-state index is -1.19. The lowest BCUT2D eigenvalue weighted by atomic mass is 9.63. The van der Waals surface area contributed by atoms with Crippen LogP contribution in [0, 0.1) is 16.7 Å². The summed E-state index contributed by atoms with van der Waals surface area (Å²) in [7, 11) is 0. The van der Waals surface area contributed by atoms with Crippen LogP contribution in [-0.2, 0) is 5.60 Å². The molecule has 1 fully saturated rings. The van der Waals surface area contributed by atoms with Crippen molar-refractivity contribution in [2.24, 2.45) is 5.41 Å². The smallest absolute Gasteiger partial charge is 0.124 e. The van der Waals surface area contributed by atoms with Crippen LogP contribution in [0.2, 0.25) is 0 Å². The summed E-state index contributed by atoms with van der Waals surface area (Å²) in [5.41, 5.74) is 1.67. The van der Waals surface area contributed by atoms with Gasteiger partial charge in [-0.25, -0.2) is 0 Å². The maximum atomic E-state index is 11.8. The number of halogens is 1. The first-order valence-electron chi connectivity index (χ1n) is 8.30. The number of rotatable bonds is 4. The van der Waals surface area contributed by atoms with Gasteiger partial charge in [0.15, 0.2) is 0 Å². The quantitative estimate of drug-likeness (QED) is 0.880. The average Bonchev–Trinajstić information content (AvgIpc) is 2.59. The number of pyridine rings is 1. The van der Waals surface area contributed by atoms with Gasteiger partial charge < -0.3 is 10.4 Å². The van der Waals surface area contributed by atoms with E-state index in [1.165, 1.54) is 11.8 Å². The monoisotopic (exact) mass is 357 g/mol. The zero-order chi connectivity index (χ0) is 17.4. The Hall–Kier alpha value is -1.93.